The van der Waals surface area contributed by atoms with Crippen LogP contribution in [0.25, 0.3) is 0 Å². The Hall–Kier alpha value is -0.570. The number of rotatable bonds is 9. The number of benzene rings is 1. The zero-order chi connectivity index (χ0) is 14.1. The van der Waals surface area contributed by atoms with Crippen molar-refractivity contribution >= 4 is 11.6 Å². The third-order valence-electron chi connectivity index (χ3n) is 3.59. The van der Waals surface area contributed by atoms with Gasteiger partial charge >= 0.3 is 0 Å². The number of unbranched alkanes of at least 4 members (excludes halogenated alkanes) is 2. The summed E-state index contributed by atoms with van der Waals surface area (Å²) in [5.41, 5.74) is 1.28. The van der Waals surface area contributed by atoms with E-state index in [-0.39, 0.29) is 0 Å². The predicted octanol–water partition coefficient (Wildman–Crippen LogP) is 4.11. The van der Waals surface area contributed by atoms with Crippen LogP contribution in [0.3, 0.4) is 0 Å². The molecule has 0 aliphatic heterocycles. The molecule has 19 heavy (non-hydrogen) atoms. The second-order valence-electron chi connectivity index (χ2n) is 5.17. The van der Waals surface area contributed by atoms with Gasteiger partial charge in [-0.05, 0) is 44.6 Å². The second-order valence-corrected chi connectivity index (χ2v) is 5.61. The van der Waals surface area contributed by atoms with E-state index in [1.165, 1.54) is 24.8 Å². The molecule has 1 aromatic rings. The van der Waals surface area contributed by atoms with E-state index in [0.29, 0.717) is 6.04 Å². The summed E-state index contributed by atoms with van der Waals surface area (Å²) in [7, 11) is 2.17. The average molecular weight is 283 g/mol. The number of nitrogens with zero attached hydrogens (tertiary/aromatic N) is 1. The smallest absolute Gasteiger partial charge is 0.0409 e. The van der Waals surface area contributed by atoms with E-state index in [1.807, 2.05) is 12.1 Å². The van der Waals surface area contributed by atoms with Gasteiger partial charge in [-0.1, -0.05) is 43.5 Å². The van der Waals surface area contributed by atoms with E-state index in [1.54, 1.807) is 0 Å². The van der Waals surface area contributed by atoms with Crippen LogP contribution in [0.15, 0.2) is 24.3 Å². The van der Waals surface area contributed by atoms with Crippen molar-refractivity contribution in [3.63, 3.8) is 0 Å². The minimum Gasteiger partial charge on any atom is -0.315 e. The lowest BCUT2D eigenvalue weighted by atomic mass is 10.1. The lowest BCUT2D eigenvalue weighted by Crippen LogP contribution is -2.31. The molecule has 0 amide bonds. The molecule has 2 nitrogen and oxygen atoms in total. The van der Waals surface area contributed by atoms with E-state index < -0.39 is 0 Å². The van der Waals surface area contributed by atoms with Crippen molar-refractivity contribution in [3.05, 3.63) is 34.9 Å². The SMILES string of the molecule is CCCCCNCCN(C)C(C)c1cccc(Cl)c1. The molecule has 0 saturated carbocycles. The molecule has 1 N–H and O–H groups in total. The molecule has 0 fully saturated rings. The van der Waals surface area contributed by atoms with Gasteiger partial charge in [-0.15, -0.1) is 0 Å². The summed E-state index contributed by atoms with van der Waals surface area (Å²) >= 11 is 6.04. The van der Waals surface area contributed by atoms with E-state index in [9.17, 15) is 0 Å². The quantitative estimate of drug-likeness (QED) is 0.686. The maximum absolute atomic E-state index is 6.04. The van der Waals surface area contributed by atoms with Crippen LogP contribution < -0.4 is 5.32 Å². The van der Waals surface area contributed by atoms with Gasteiger partial charge in [0.15, 0.2) is 0 Å². The minimum atomic E-state index is 0.399. The molecular formula is C16H27ClN2. The number of likely N-dealkylation sites (N-methyl/N-ethyl adjacent to an activating group) is 1. The summed E-state index contributed by atoms with van der Waals surface area (Å²) in [6, 6.07) is 8.54. The number of nitrogens with one attached hydrogen (secondary N) is 1. The Balaban J connectivity index is 2.27. The van der Waals surface area contributed by atoms with Crippen LogP contribution in [0.1, 0.15) is 44.7 Å². The molecule has 108 valence electrons. The Morgan fingerprint density at radius 2 is 2.05 bits per heavy atom. The van der Waals surface area contributed by atoms with E-state index >= 15 is 0 Å². The van der Waals surface area contributed by atoms with Crippen LogP contribution in [0.2, 0.25) is 5.02 Å². The fourth-order valence-corrected chi connectivity index (χ4v) is 2.29. The molecule has 0 saturated heterocycles. The van der Waals surface area contributed by atoms with Gasteiger partial charge in [0.1, 0.15) is 0 Å². The zero-order valence-corrected chi connectivity index (χ0v) is 13.2. The van der Waals surface area contributed by atoms with Crippen LogP contribution in [-0.4, -0.2) is 31.6 Å². The van der Waals surface area contributed by atoms with Gasteiger partial charge in [0.2, 0.25) is 0 Å². The largest absolute Gasteiger partial charge is 0.315 e. The summed E-state index contributed by atoms with van der Waals surface area (Å²) in [6.07, 6.45) is 3.89. The molecule has 0 aliphatic carbocycles. The van der Waals surface area contributed by atoms with Crippen molar-refractivity contribution in [1.82, 2.24) is 10.2 Å². The molecule has 0 radical (unpaired) electrons. The average Bonchev–Trinajstić information content (AvgIpc) is 2.41. The maximum atomic E-state index is 6.04. The summed E-state index contributed by atoms with van der Waals surface area (Å²) in [4.78, 5) is 2.36. The molecular weight excluding hydrogens is 256 g/mol. The summed E-state index contributed by atoms with van der Waals surface area (Å²) in [6.45, 7) is 7.70. The number of halogens is 1. The Labute approximate surface area is 123 Å². The lowest BCUT2D eigenvalue weighted by Gasteiger charge is -2.25. The number of hydrogen-bond acceptors (Lipinski definition) is 2. The molecule has 0 spiro atoms. The standard InChI is InChI=1S/C16H27ClN2/c1-4-5-6-10-18-11-12-19(3)14(2)15-8-7-9-16(17)13-15/h7-9,13-14,18H,4-6,10-12H2,1-3H3. The molecule has 0 bridgehead atoms. The van der Waals surface area contributed by atoms with Crippen molar-refractivity contribution in [2.24, 2.45) is 0 Å². The first-order chi connectivity index (χ1) is 9.15. The normalized spacial score (nSPS) is 12.9. The van der Waals surface area contributed by atoms with Crippen LogP contribution >= 0.6 is 11.6 Å². The van der Waals surface area contributed by atoms with Crippen molar-refractivity contribution in [3.8, 4) is 0 Å². The topological polar surface area (TPSA) is 15.3 Å². The third-order valence-corrected chi connectivity index (χ3v) is 3.83. The van der Waals surface area contributed by atoms with Gasteiger partial charge < -0.3 is 5.32 Å². The molecule has 0 aromatic heterocycles. The first kappa shape index (κ1) is 16.5. The van der Waals surface area contributed by atoms with Gasteiger partial charge in [-0.3, -0.25) is 4.90 Å². The summed E-state index contributed by atoms with van der Waals surface area (Å²) < 4.78 is 0. The van der Waals surface area contributed by atoms with Gasteiger partial charge in [-0.2, -0.15) is 0 Å². The highest BCUT2D eigenvalue weighted by atomic mass is 35.5. The molecule has 3 heteroatoms. The fourth-order valence-electron chi connectivity index (χ4n) is 2.09. The van der Waals surface area contributed by atoms with Crippen LogP contribution in [0.4, 0.5) is 0 Å². The zero-order valence-electron chi connectivity index (χ0n) is 12.5. The monoisotopic (exact) mass is 282 g/mol. The number of hydrogen-bond donors (Lipinski definition) is 1. The molecule has 1 rings (SSSR count). The molecule has 1 aromatic carbocycles. The molecule has 0 heterocycles. The van der Waals surface area contributed by atoms with Gasteiger partial charge in [0, 0.05) is 24.2 Å². The molecule has 0 aliphatic rings. The van der Waals surface area contributed by atoms with Crippen molar-refractivity contribution < 1.29 is 0 Å². The summed E-state index contributed by atoms with van der Waals surface area (Å²) in [5, 5.41) is 4.32. The third kappa shape index (κ3) is 6.42. The lowest BCUT2D eigenvalue weighted by molar-refractivity contribution is 0.261. The van der Waals surface area contributed by atoms with E-state index in [4.69, 9.17) is 11.6 Å². The highest BCUT2D eigenvalue weighted by molar-refractivity contribution is 6.30. The van der Waals surface area contributed by atoms with Gasteiger partial charge in [0.25, 0.3) is 0 Å². The van der Waals surface area contributed by atoms with E-state index in [2.05, 4.69) is 43.2 Å². The van der Waals surface area contributed by atoms with Gasteiger partial charge in [0.05, 0.1) is 0 Å². The summed E-state index contributed by atoms with van der Waals surface area (Å²) in [5.74, 6) is 0. The predicted molar refractivity (Wildman–Crippen MR) is 84.9 cm³/mol. The second kappa shape index (κ2) is 9.35. The first-order valence-corrected chi connectivity index (χ1v) is 7.69. The fraction of sp³-hybridized carbons (Fsp3) is 0.625. The Morgan fingerprint density at radius 3 is 2.74 bits per heavy atom. The Morgan fingerprint density at radius 1 is 1.26 bits per heavy atom. The van der Waals surface area contributed by atoms with Crippen LogP contribution in [0.5, 0.6) is 0 Å². The van der Waals surface area contributed by atoms with Crippen molar-refractivity contribution in [2.45, 2.75) is 39.2 Å². The minimum absolute atomic E-state index is 0.399. The van der Waals surface area contributed by atoms with E-state index in [0.717, 1.165) is 24.7 Å². The molecule has 1 unspecified atom stereocenters. The van der Waals surface area contributed by atoms with Crippen LogP contribution in [-0.2, 0) is 0 Å². The Kier molecular flexibility index (Phi) is 8.11. The van der Waals surface area contributed by atoms with Gasteiger partial charge in [-0.25, -0.2) is 0 Å². The first-order valence-electron chi connectivity index (χ1n) is 7.31. The van der Waals surface area contributed by atoms with Crippen LogP contribution in [0, 0.1) is 0 Å². The molecule has 1 atom stereocenters. The highest BCUT2D eigenvalue weighted by Gasteiger charge is 2.11. The maximum Gasteiger partial charge on any atom is 0.0409 e. The van der Waals surface area contributed by atoms with Crippen molar-refractivity contribution in [1.29, 1.82) is 0 Å². The highest BCUT2D eigenvalue weighted by Crippen LogP contribution is 2.21. The van der Waals surface area contributed by atoms with Crippen molar-refractivity contribution in [2.75, 3.05) is 26.7 Å². The Bertz CT molecular complexity index is 354.